The maximum absolute atomic E-state index is 6.10. The van der Waals surface area contributed by atoms with E-state index in [1.54, 1.807) is 7.11 Å². The predicted octanol–water partition coefficient (Wildman–Crippen LogP) is 2.51. The second-order valence-corrected chi connectivity index (χ2v) is 6.57. The first-order valence-electron chi connectivity index (χ1n) is 7.08. The van der Waals surface area contributed by atoms with Crippen LogP contribution in [-0.4, -0.2) is 30.4 Å². The van der Waals surface area contributed by atoms with Crippen molar-refractivity contribution < 1.29 is 14.0 Å². The van der Waals surface area contributed by atoms with Gasteiger partial charge in [0.2, 0.25) is 5.88 Å². The van der Waals surface area contributed by atoms with Crippen molar-refractivity contribution >= 4 is 12.7 Å². The van der Waals surface area contributed by atoms with Gasteiger partial charge in [0.25, 0.3) is 0 Å². The molecule has 2 rings (SSSR count). The molecule has 0 atom stereocenters. The molecule has 0 aliphatic carbocycles. The Morgan fingerprint density at radius 1 is 1.10 bits per heavy atom. The van der Waals surface area contributed by atoms with Gasteiger partial charge in [0.05, 0.1) is 23.9 Å². The van der Waals surface area contributed by atoms with Crippen molar-refractivity contribution in [3.63, 3.8) is 0 Å². The number of hydrogen-bond donors (Lipinski definition) is 0. The third-order valence-corrected chi connectivity index (χ3v) is 4.24. The highest BCUT2D eigenvalue weighted by Crippen LogP contribution is 2.37. The van der Waals surface area contributed by atoms with Crippen molar-refractivity contribution in [2.75, 3.05) is 7.11 Å². The van der Waals surface area contributed by atoms with E-state index >= 15 is 0 Å². The minimum Gasteiger partial charge on any atom is -0.481 e. The molecular formula is C15H24BNO3. The second kappa shape index (κ2) is 5.04. The summed E-state index contributed by atoms with van der Waals surface area (Å²) in [5, 5.41) is 0. The number of methoxy groups -OCH3 is 1. The van der Waals surface area contributed by atoms with Gasteiger partial charge in [-0.3, -0.25) is 0 Å². The maximum Gasteiger partial charge on any atom is 0.514 e. The average molecular weight is 277 g/mol. The SMILES string of the molecule is COc1ccc(C(C)C)c(B2OC(C)(C)C(C)(C)O2)n1. The van der Waals surface area contributed by atoms with Gasteiger partial charge in [-0.2, -0.15) is 0 Å². The Kier molecular flexibility index (Phi) is 3.86. The summed E-state index contributed by atoms with van der Waals surface area (Å²) in [5.41, 5.74) is 1.22. The molecule has 20 heavy (non-hydrogen) atoms. The minimum absolute atomic E-state index is 0.349. The summed E-state index contributed by atoms with van der Waals surface area (Å²) >= 11 is 0. The number of aromatic nitrogens is 1. The molecule has 0 amide bonds. The highest BCUT2D eigenvalue weighted by atomic mass is 16.7. The van der Waals surface area contributed by atoms with E-state index in [9.17, 15) is 0 Å². The Balaban J connectivity index is 2.42. The lowest BCUT2D eigenvalue weighted by atomic mass is 9.78. The van der Waals surface area contributed by atoms with Gasteiger partial charge >= 0.3 is 7.12 Å². The highest BCUT2D eigenvalue weighted by Gasteiger charge is 2.53. The quantitative estimate of drug-likeness (QED) is 0.796. The van der Waals surface area contributed by atoms with Crippen molar-refractivity contribution in [1.29, 1.82) is 0 Å². The van der Waals surface area contributed by atoms with Crippen LogP contribution in [-0.2, 0) is 9.31 Å². The van der Waals surface area contributed by atoms with Crippen molar-refractivity contribution in [1.82, 2.24) is 4.98 Å². The zero-order valence-electron chi connectivity index (χ0n) is 13.5. The summed E-state index contributed by atoms with van der Waals surface area (Å²) in [6.07, 6.45) is 0. The standard InChI is InChI=1S/C15H24BNO3/c1-10(2)11-8-9-12(18-7)17-13(11)16-19-14(3,4)15(5,6)20-16/h8-10H,1-7H3. The Bertz CT molecular complexity index is 484. The van der Waals surface area contributed by atoms with Gasteiger partial charge in [0.15, 0.2) is 0 Å². The molecule has 110 valence electrons. The number of nitrogens with zero attached hydrogens (tertiary/aromatic N) is 1. The summed E-state index contributed by atoms with van der Waals surface area (Å²) < 4.78 is 17.4. The molecule has 2 heterocycles. The molecule has 1 saturated heterocycles. The summed E-state index contributed by atoms with van der Waals surface area (Å²) in [4.78, 5) is 4.55. The lowest BCUT2D eigenvalue weighted by Gasteiger charge is -2.32. The van der Waals surface area contributed by atoms with Crippen molar-refractivity contribution in [3.8, 4) is 5.88 Å². The van der Waals surface area contributed by atoms with E-state index in [2.05, 4.69) is 18.8 Å². The fourth-order valence-electron chi connectivity index (χ4n) is 2.21. The fourth-order valence-corrected chi connectivity index (χ4v) is 2.21. The normalized spacial score (nSPS) is 20.5. The summed E-state index contributed by atoms with van der Waals surface area (Å²) in [6.45, 7) is 12.4. The predicted molar refractivity (Wildman–Crippen MR) is 80.6 cm³/mol. The molecule has 4 nitrogen and oxygen atoms in total. The minimum atomic E-state index is -0.451. The first-order valence-corrected chi connectivity index (χ1v) is 7.08. The number of pyridine rings is 1. The van der Waals surface area contributed by atoms with Gasteiger partial charge in [-0.25, -0.2) is 4.98 Å². The molecule has 1 fully saturated rings. The van der Waals surface area contributed by atoms with Gasteiger partial charge in [0, 0.05) is 6.07 Å². The fraction of sp³-hybridized carbons (Fsp3) is 0.667. The lowest BCUT2D eigenvalue weighted by Crippen LogP contribution is -2.41. The topological polar surface area (TPSA) is 40.6 Å². The lowest BCUT2D eigenvalue weighted by molar-refractivity contribution is 0.00578. The molecule has 0 unspecified atom stereocenters. The molecule has 0 aromatic carbocycles. The second-order valence-electron chi connectivity index (χ2n) is 6.57. The van der Waals surface area contributed by atoms with Crippen molar-refractivity contribution in [3.05, 3.63) is 17.7 Å². The van der Waals surface area contributed by atoms with Crippen LogP contribution in [0.2, 0.25) is 0 Å². The Morgan fingerprint density at radius 3 is 2.10 bits per heavy atom. The van der Waals surface area contributed by atoms with Gasteiger partial charge in [0.1, 0.15) is 0 Å². The van der Waals surface area contributed by atoms with Gasteiger partial charge in [-0.1, -0.05) is 19.9 Å². The van der Waals surface area contributed by atoms with Gasteiger partial charge in [-0.15, -0.1) is 0 Å². The summed E-state index contributed by atoms with van der Waals surface area (Å²) in [7, 11) is 1.17. The molecule has 0 radical (unpaired) electrons. The van der Waals surface area contributed by atoms with E-state index in [1.807, 2.05) is 39.8 Å². The third-order valence-electron chi connectivity index (χ3n) is 4.24. The molecule has 0 spiro atoms. The smallest absolute Gasteiger partial charge is 0.481 e. The highest BCUT2D eigenvalue weighted by molar-refractivity contribution is 6.61. The molecule has 0 bridgehead atoms. The van der Waals surface area contributed by atoms with E-state index in [0.717, 1.165) is 11.2 Å². The number of ether oxygens (including phenoxy) is 1. The van der Waals surface area contributed by atoms with Crippen LogP contribution >= 0.6 is 0 Å². The van der Waals surface area contributed by atoms with Crippen molar-refractivity contribution in [2.24, 2.45) is 0 Å². The molecule has 1 aromatic heterocycles. The molecule has 0 N–H and O–H groups in total. The average Bonchev–Trinajstić information content (AvgIpc) is 2.57. The first kappa shape index (κ1) is 15.3. The molecule has 1 aliphatic rings. The van der Waals surface area contributed by atoms with Crippen LogP contribution in [0.25, 0.3) is 0 Å². The van der Waals surface area contributed by atoms with E-state index in [0.29, 0.717) is 11.8 Å². The Morgan fingerprint density at radius 2 is 1.65 bits per heavy atom. The Labute approximate surface area is 122 Å². The number of rotatable bonds is 3. The van der Waals surface area contributed by atoms with Gasteiger partial charge < -0.3 is 14.0 Å². The maximum atomic E-state index is 6.10. The summed E-state index contributed by atoms with van der Waals surface area (Å²) in [6, 6.07) is 3.92. The Hall–Kier alpha value is -1.07. The van der Waals surface area contributed by atoms with E-state index in [-0.39, 0.29) is 11.2 Å². The van der Waals surface area contributed by atoms with Crippen molar-refractivity contribution in [2.45, 2.75) is 58.7 Å². The van der Waals surface area contributed by atoms with Crippen LogP contribution in [0.3, 0.4) is 0 Å². The molecule has 1 aliphatic heterocycles. The van der Waals surface area contributed by atoms with Crippen LogP contribution in [0.4, 0.5) is 0 Å². The van der Waals surface area contributed by atoms with E-state index < -0.39 is 7.12 Å². The van der Waals surface area contributed by atoms with Crippen LogP contribution in [0.15, 0.2) is 12.1 Å². The van der Waals surface area contributed by atoms with Crippen LogP contribution in [0.1, 0.15) is 53.0 Å². The van der Waals surface area contributed by atoms with E-state index in [4.69, 9.17) is 14.0 Å². The molecular weight excluding hydrogens is 253 g/mol. The monoisotopic (exact) mass is 277 g/mol. The van der Waals surface area contributed by atoms with Crippen LogP contribution in [0, 0.1) is 0 Å². The largest absolute Gasteiger partial charge is 0.514 e. The van der Waals surface area contributed by atoms with Crippen LogP contribution in [0.5, 0.6) is 5.88 Å². The van der Waals surface area contributed by atoms with E-state index in [1.165, 1.54) is 0 Å². The molecule has 5 heteroatoms. The zero-order chi connectivity index (χ0) is 15.1. The number of hydrogen-bond acceptors (Lipinski definition) is 4. The van der Waals surface area contributed by atoms with Gasteiger partial charge in [-0.05, 0) is 39.2 Å². The molecule has 1 aromatic rings. The molecule has 0 saturated carbocycles. The third kappa shape index (κ3) is 2.57. The first-order chi connectivity index (χ1) is 9.18. The van der Waals surface area contributed by atoms with Crippen LogP contribution < -0.4 is 10.3 Å². The summed E-state index contributed by atoms with van der Waals surface area (Å²) in [5.74, 6) is 0.932. The zero-order valence-corrected chi connectivity index (χ0v) is 13.5.